The quantitative estimate of drug-likeness (QED) is 0.575. The first-order chi connectivity index (χ1) is 7.31. The van der Waals surface area contributed by atoms with Gasteiger partial charge < -0.3 is 4.74 Å². The zero-order chi connectivity index (χ0) is 12.1. The van der Waals surface area contributed by atoms with Crippen LogP contribution in [0.1, 0.15) is 33.6 Å². The predicted molar refractivity (Wildman–Crippen MR) is 54.9 cm³/mol. The van der Waals surface area contributed by atoms with Gasteiger partial charge in [-0.05, 0) is 33.6 Å². The molecule has 2 rings (SSSR count). The largest absolute Gasteiger partial charge is 0.444 e. The fraction of sp³-hybridized carbons (Fsp3) is 0.727. The maximum atomic E-state index is 11.8. The molecular weight excluding hydrogens is 210 g/mol. The van der Waals surface area contributed by atoms with Gasteiger partial charge in [-0.3, -0.25) is 14.5 Å². The van der Waals surface area contributed by atoms with E-state index in [-0.39, 0.29) is 0 Å². The van der Waals surface area contributed by atoms with E-state index in [2.05, 4.69) is 0 Å². The average molecular weight is 225 g/mol. The van der Waals surface area contributed by atoms with E-state index >= 15 is 0 Å². The van der Waals surface area contributed by atoms with Crippen LogP contribution in [0.25, 0.3) is 0 Å². The van der Waals surface area contributed by atoms with Crippen molar-refractivity contribution < 1.29 is 19.1 Å². The molecule has 0 saturated carbocycles. The van der Waals surface area contributed by atoms with Crippen LogP contribution in [0.2, 0.25) is 0 Å². The number of carbonyl (C=O) groups is 3. The second-order valence-electron chi connectivity index (χ2n) is 5.23. The number of hydrogen-bond donors (Lipinski definition) is 0. The molecule has 0 radical (unpaired) electrons. The lowest BCUT2D eigenvalue weighted by molar-refractivity contribution is -0.136. The van der Waals surface area contributed by atoms with E-state index in [4.69, 9.17) is 4.74 Å². The number of amides is 1. The van der Waals surface area contributed by atoms with Crippen molar-refractivity contribution in [1.29, 1.82) is 0 Å². The Morgan fingerprint density at radius 3 is 2.00 bits per heavy atom. The Hall–Kier alpha value is -1.39. The lowest BCUT2D eigenvalue weighted by Crippen LogP contribution is -2.41. The molecule has 5 nitrogen and oxygen atoms in total. The molecule has 2 aliphatic heterocycles. The molecule has 0 spiro atoms. The molecule has 2 bridgehead atoms. The topological polar surface area (TPSA) is 63.7 Å². The minimum absolute atomic E-state index is 0.442. The smallest absolute Gasteiger partial charge is 0.411 e. The van der Waals surface area contributed by atoms with Crippen LogP contribution in [-0.4, -0.2) is 40.2 Å². The summed E-state index contributed by atoms with van der Waals surface area (Å²) >= 11 is 0. The minimum Gasteiger partial charge on any atom is -0.444 e. The number of Topliss-reactive ketones (excluding diaryl/α,β-unsaturated/α-hetero) is 2. The van der Waals surface area contributed by atoms with Gasteiger partial charge in [0.25, 0.3) is 0 Å². The van der Waals surface area contributed by atoms with Gasteiger partial charge in [0.1, 0.15) is 17.7 Å². The van der Waals surface area contributed by atoms with Gasteiger partial charge in [-0.15, -0.1) is 0 Å². The van der Waals surface area contributed by atoms with Crippen LogP contribution in [0.15, 0.2) is 0 Å². The SMILES string of the molecule is CC(C)(C)OC(=O)N1C2CCC1C(=O)C2=O. The minimum atomic E-state index is -0.606. The predicted octanol–water partition coefficient (Wildman–Crippen LogP) is 0.906. The van der Waals surface area contributed by atoms with Crippen molar-refractivity contribution in [2.45, 2.75) is 51.3 Å². The highest BCUT2D eigenvalue weighted by Crippen LogP contribution is 2.34. The van der Waals surface area contributed by atoms with Crippen LogP contribution in [-0.2, 0) is 14.3 Å². The molecule has 2 saturated heterocycles. The maximum absolute atomic E-state index is 11.8. The van der Waals surface area contributed by atoms with Crippen LogP contribution in [0.5, 0.6) is 0 Å². The van der Waals surface area contributed by atoms with Gasteiger partial charge in [-0.25, -0.2) is 4.79 Å². The summed E-state index contributed by atoms with van der Waals surface area (Å²) in [5.74, 6) is -0.885. The summed E-state index contributed by atoms with van der Waals surface area (Å²) in [5, 5.41) is 0. The number of ketones is 2. The number of hydrogen-bond acceptors (Lipinski definition) is 4. The van der Waals surface area contributed by atoms with Crippen molar-refractivity contribution in [3.05, 3.63) is 0 Å². The van der Waals surface area contributed by atoms with E-state index in [1.54, 1.807) is 20.8 Å². The zero-order valence-electron chi connectivity index (χ0n) is 9.65. The molecule has 5 heteroatoms. The van der Waals surface area contributed by atoms with Gasteiger partial charge in [-0.1, -0.05) is 0 Å². The Kier molecular flexibility index (Phi) is 2.29. The Balaban J connectivity index is 2.15. The van der Waals surface area contributed by atoms with Crippen molar-refractivity contribution in [3.63, 3.8) is 0 Å². The lowest BCUT2D eigenvalue weighted by Gasteiger charge is -2.26. The second-order valence-corrected chi connectivity index (χ2v) is 5.23. The fourth-order valence-corrected chi connectivity index (χ4v) is 2.22. The highest BCUT2D eigenvalue weighted by atomic mass is 16.6. The molecule has 0 aromatic heterocycles. The maximum Gasteiger partial charge on any atom is 0.411 e. The van der Waals surface area contributed by atoms with Crippen LogP contribution in [0.3, 0.4) is 0 Å². The molecule has 88 valence electrons. The molecule has 2 unspecified atom stereocenters. The number of rotatable bonds is 0. The van der Waals surface area contributed by atoms with Crippen molar-refractivity contribution in [2.24, 2.45) is 0 Å². The Morgan fingerprint density at radius 2 is 1.62 bits per heavy atom. The summed E-state index contributed by atoms with van der Waals surface area (Å²) in [6.07, 6.45) is 0.599. The summed E-state index contributed by atoms with van der Waals surface area (Å²) in [6, 6.07) is -1.15. The second kappa shape index (κ2) is 3.30. The first-order valence-corrected chi connectivity index (χ1v) is 5.40. The third-order valence-electron chi connectivity index (χ3n) is 2.84. The fourth-order valence-electron chi connectivity index (χ4n) is 2.22. The van der Waals surface area contributed by atoms with Crippen LogP contribution < -0.4 is 0 Å². The number of nitrogens with zero attached hydrogens (tertiary/aromatic N) is 1. The first-order valence-electron chi connectivity index (χ1n) is 5.40. The normalized spacial score (nSPS) is 28.8. The third-order valence-corrected chi connectivity index (χ3v) is 2.84. The van der Waals surface area contributed by atoms with E-state index in [1.165, 1.54) is 4.90 Å². The molecule has 1 amide bonds. The van der Waals surface area contributed by atoms with Crippen molar-refractivity contribution in [2.75, 3.05) is 0 Å². The Morgan fingerprint density at radius 1 is 1.19 bits per heavy atom. The summed E-state index contributed by atoms with van der Waals surface area (Å²) in [5.41, 5.74) is -0.606. The van der Waals surface area contributed by atoms with E-state index < -0.39 is 35.3 Å². The highest BCUT2D eigenvalue weighted by Gasteiger charge is 2.55. The summed E-state index contributed by atoms with van der Waals surface area (Å²) < 4.78 is 5.18. The zero-order valence-corrected chi connectivity index (χ0v) is 9.65. The molecule has 2 aliphatic rings. The van der Waals surface area contributed by atoms with Gasteiger partial charge in [0.2, 0.25) is 11.6 Å². The highest BCUT2D eigenvalue weighted by molar-refractivity contribution is 6.44. The van der Waals surface area contributed by atoms with Gasteiger partial charge in [0.15, 0.2) is 0 Å². The summed E-state index contributed by atoms with van der Waals surface area (Å²) in [4.78, 5) is 36.0. The average Bonchev–Trinajstić information content (AvgIpc) is 2.63. The monoisotopic (exact) mass is 225 g/mol. The van der Waals surface area contributed by atoms with E-state index in [0.29, 0.717) is 12.8 Å². The molecule has 0 aromatic carbocycles. The van der Waals surface area contributed by atoms with Gasteiger partial charge in [-0.2, -0.15) is 0 Å². The third kappa shape index (κ3) is 1.60. The molecule has 0 N–H and O–H groups in total. The first kappa shape index (κ1) is 11.1. The van der Waals surface area contributed by atoms with Crippen LogP contribution in [0, 0.1) is 0 Å². The van der Waals surface area contributed by atoms with E-state index in [9.17, 15) is 14.4 Å². The molecular formula is C11H15NO4. The number of carbonyl (C=O) groups excluding carboxylic acids is 3. The van der Waals surface area contributed by atoms with Gasteiger partial charge in [0.05, 0.1) is 0 Å². The van der Waals surface area contributed by atoms with Crippen LogP contribution in [0.4, 0.5) is 4.79 Å². The van der Waals surface area contributed by atoms with Gasteiger partial charge >= 0.3 is 6.09 Å². The Bertz CT molecular complexity index is 347. The molecule has 2 fully saturated rings. The summed E-state index contributed by atoms with van der Waals surface area (Å²) in [7, 11) is 0. The Labute approximate surface area is 93.7 Å². The lowest BCUT2D eigenvalue weighted by atomic mass is 9.98. The van der Waals surface area contributed by atoms with Crippen molar-refractivity contribution >= 4 is 17.7 Å². The van der Waals surface area contributed by atoms with Crippen molar-refractivity contribution in [3.8, 4) is 0 Å². The molecule has 0 aromatic rings. The molecule has 2 heterocycles. The van der Waals surface area contributed by atoms with E-state index in [1.807, 2.05) is 0 Å². The molecule has 0 aliphatic carbocycles. The van der Waals surface area contributed by atoms with E-state index in [0.717, 1.165) is 0 Å². The molecule has 2 atom stereocenters. The standard InChI is InChI=1S/C11H15NO4/c1-11(2,3)16-10(15)12-6-4-5-7(12)9(14)8(6)13/h6-7H,4-5H2,1-3H3. The number of fused-ring (bicyclic) bond motifs is 2. The van der Waals surface area contributed by atoms with Crippen LogP contribution >= 0.6 is 0 Å². The number of ether oxygens (including phenoxy) is 1. The molecule has 16 heavy (non-hydrogen) atoms. The summed E-state index contributed by atoms with van der Waals surface area (Å²) in [6.45, 7) is 5.27. The van der Waals surface area contributed by atoms with Crippen molar-refractivity contribution in [1.82, 2.24) is 4.90 Å². The van der Waals surface area contributed by atoms with Gasteiger partial charge in [0, 0.05) is 0 Å².